The summed E-state index contributed by atoms with van der Waals surface area (Å²) in [5, 5.41) is 14.3. The summed E-state index contributed by atoms with van der Waals surface area (Å²) < 4.78 is 2.22. The van der Waals surface area contributed by atoms with Crippen LogP contribution in [0.15, 0.2) is 11.4 Å². The normalized spacial score (nSPS) is 20.2. The summed E-state index contributed by atoms with van der Waals surface area (Å²) in [6, 6.07) is 2.08. The first-order chi connectivity index (χ1) is 14.0. The number of fused-ring (bicyclic) bond motifs is 1. The van der Waals surface area contributed by atoms with Crippen LogP contribution in [0.1, 0.15) is 47.9 Å². The van der Waals surface area contributed by atoms with Crippen LogP contribution in [-0.4, -0.2) is 63.7 Å². The molecule has 8 heteroatoms. The molecule has 0 bridgehead atoms. The van der Waals surface area contributed by atoms with Crippen LogP contribution < -0.4 is 5.32 Å². The van der Waals surface area contributed by atoms with Crippen molar-refractivity contribution >= 4 is 17.2 Å². The van der Waals surface area contributed by atoms with E-state index in [4.69, 9.17) is 0 Å². The van der Waals surface area contributed by atoms with E-state index in [1.165, 1.54) is 10.4 Å². The number of rotatable bonds is 5. The Hall–Kier alpha value is -1.77. The van der Waals surface area contributed by atoms with E-state index in [9.17, 15) is 4.79 Å². The van der Waals surface area contributed by atoms with Crippen LogP contribution in [0.5, 0.6) is 0 Å². The third-order valence-electron chi connectivity index (χ3n) is 6.32. The van der Waals surface area contributed by atoms with Crippen molar-refractivity contribution in [3.8, 4) is 0 Å². The van der Waals surface area contributed by atoms with Crippen LogP contribution in [0.3, 0.4) is 0 Å². The number of hydrogen-bond acceptors (Lipinski definition) is 6. The van der Waals surface area contributed by atoms with Gasteiger partial charge in [-0.1, -0.05) is 0 Å². The molecule has 4 rings (SSSR count). The lowest BCUT2D eigenvalue weighted by Gasteiger charge is -2.29. The number of hydrogen-bond donors (Lipinski definition) is 1. The molecule has 1 atom stereocenters. The number of aryl methyl sites for hydroxylation is 1. The third kappa shape index (κ3) is 4.70. The highest BCUT2D eigenvalue weighted by atomic mass is 32.1. The van der Waals surface area contributed by atoms with Crippen molar-refractivity contribution in [3.05, 3.63) is 33.5 Å². The number of thiophene rings is 1. The van der Waals surface area contributed by atoms with E-state index < -0.39 is 0 Å². The summed E-state index contributed by atoms with van der Waals surface area (Å²) in [7, 11) is 2.12. The topological polar surface area (TPSA) is 66.3 Å². The molecule has 1 unspecified atom stereocenters. The van der Waals surface area contributed by atoms with E-state index >= 15 is 0 Å². The molecule has 0 spiro atoms. The molecule has 29 heavy (non-hydrogen) atoms. The quantitative estimate of drug-likeness (QED) is 0.810. The second kappa shape index (κ2) is 8.93. The fourth-order valence-corrected chi connectivity index (χ4v) is 5.25. The van der Waals surface area contributed by atoms with Crippen molar-refractivity contribution in [1.29, 1.82) is 0 Å². The summed E-state index contributed by atoms with van der Waals surface area (Å²) in [6.07, 6.45) is 2.77. The summed E-state index contributed by atoms with van der Waals surface area (Å²) in [5.41, 5.74) is 1.38. The number of amides is 1. The minimum Gasteiger partial charge on any atom is -0.346 e. The molecule has 2 aromatic rings. The molecular formula is C21H32N6OS. The molecule has 4 heterocycles. The smallest absolute Gasteiger partial charge is 0.223 e. The van der Waals surface area contributed by atoms with E-state index in [-0.39, 0.29) is 17.9 Å². The molecule has 1 N–H and O–H groups in total. The zero-order chi connectivity index (χ0) is 20.4. The molecule has 0 aliphatic carbocycles. The number of aromatic nitrogens is 3. The number of likely N-dealkylation sites (tertiary alicyclic amines) is 1. The van der Waals surface area contributed by atoms with Crippen LogP contribution in [0.2, 0.25) is 0 Å². The van der Waals surface area contributed by atoms with Gasteiger partial charge in [0.05, 0.1) is 6.04 Å². The summed E-state index contributed by atoms with van der Waals surface area (Å²) in [4.78, 5) is 18.9. The Morgan fingerprint density at radius 2 is 2.03 bits per heavy atom. The standard InChI is InChI=1S/C21H32N6OS/c1-15-7-13-29-18(15)14-26-10-6-19-23-24-20(27(19)12-11-26)16(2)22-21(28)17-4-8-25(3)9-5-17/h7,13,16-17H,4-6,8-12,14H2,1-3H3,(H,22,28). The van der Waals surface area contributed by atoms with Crippen molar-refractivity contribution in [1.82, 2.24) is 29.9 Å². The maximum absolute atomic E-state index is 12.7. The van der Waals surface area contributed by atoms with Crippen molar-refractivity contribution in [3.63, 3.8) is 0 Å². The van der Waals surface area contributed by atoms with E-state index in [1.807, 2.05) is 18.3 Å². The molecule has 2 aromatic heterocycles. The molecule has 2 aliphatic rings. The van der Waals surface area contributed by atoms with E-state index in [1.54, 1.807) is 0 Å². The minimum absolute atomic E-state index is 0.115. The van der Waals surface area contributed by atoms with Crippen LogP contribution in [-0.2, 0) is 24.3 Å². The SMILES string of the molecule is Cc1ccsc1CN1CCc2nnc(C(C)NC(=O)C3CCN(C)CC3)n2CC1. The Balaban J connectivity index is 1.37. The highest BCUT2D eigenvalue weighted by Gasteiger charge is 2.27. The largest absolute Gasteiger partial charge is 0.346 e. The van der Waals surface area contributed by atoms with Crippen molar-refractivity contribution in [2.24, 2.45) is 5.92 Å². The Labute approximate surface area is 177 Å². The second-order valence-electron chi connectivity index (χ2n) is 8.49. The van der Waals surface area contributed by atoms with Crippen molar-refractivity contribution in [2.45, 2.75) is 52.2 Å². The molecule has 1 amide bonds. The van der Waals surface area contributed by atoms with Gasteiger partial charge in [0.1, 0.15) is 5.82 Å². The minimum atomic E-state index is -0.116. The van der Waals surface area contributed by atoms with Gasteiger partial charge < -0.3 is 14.8 Å². The van der Waals surface area contributed by atoms with E-state index in [0.29, 0.717) is 0 Å². The van der Waals surface area contributed by atoms with Gasteiger partial charge >= 0.3 is 0 Å². The van der Waals surface area contributed by atoms with E-state index in [2.05, 4.69) is 55.3 Å². The maximum atomic E-state index is 12.7. The number of piperidine rings is 1. The Bertz CT molecular complexity index is 838. The van der Waals surface area contributed by atoms with Crippen LogP contribution in [0, 0.1) is 12.8 Å². The summed E-state index contributed by atoms with van der Waals surface area (Å²) >= 11 is 1.84. The van der Waals surface area contributed by atoms with Gasteiger partial charge in [0.25, 0.3) is 0 Å². The fraction of sp³-hybridized carbons (Fsp3) is 0.667. The Morgan fingerprint density at radius 1 is 1.24 bits per heavy atom. The van der Waals surface area contributed by atoms with Gasteiger partial charge in [0.2, 0.25) is 5.91 Å². The Morgan fingerprint density at radius 3 is 2.76 bits per heavy atom. The second-order valence-corrected chi connectivity index (χ2v) is 9.49. The van der Waals surface area contributed by atoms with Gasteiger partial charge in [0, 0.05) is 43.4 Å². The molecule has 0 saturated carbocycles. The van der Waals surface area contributed by atoms with Crippen LogP contribution >= 0.6 is 11.3 Å². The van der Waals surface area contributed by atoms with Gasteiger partial charge in [0.15, 0.2) is 5.82 Å². The first-order valence-electron chi connectivity index (χ1n) is 10.7. The van der Waals surface area contributed by atoms with Crippen LogP contribution in [0.25, 0.3) is 0 Å². The first kappa shape index (κ1) is 20.5. The van der Waals surface area contributed by atoms with Gasteiger partial charge in [-0.2, -0.15) is 0 Å². The Kier molecular flexibility index (Phi) is 6.32. The first-order valence-corrected chi connectivity index (χ1v) is 11.6. The number of nitrogens with one attached hydrogen (secondary N) is 1. The molecule has 0 radical (unpaired) electrons. The predicted molar refractivity (Wildman–Crippen MR) is 115 cm³/mol. The maximum Gasteiger partial charge on any atom is 0.223 e. The van der Waals surface area contributed by atoms with Gasteiger partial charge in [-0.15, -0.1) is 21.5 Å². The average Bonchev–Trinajstić information content (AvgIpc) is 3.24. The molecule has 0 aromatic carbocycles. The molecule has 158 valence electrons. The number of nitrogens with zero attached hydrogens (tertiary/aromatic N) is 5. The highest BCUT2D eigenvalue weighted by molar-refractivity contribution is 7.10. The zero-order valence-corrected chi connectivity index (χ0v) is 18.5. The monoisotopic (exact) mass is 416 g/mol. The highest BCUT2D eigenvalue weighted by Crippen LogP contribution is 2.22. The lowest BCUT2D eigenvalue weighted by Crippen LogP contribution is -2.40. The van der Waals surface area contributed by atoms with Gasteiger partial charge in [-0.05, 0) is 63.8 Å². The molecule has 1 fully saturated rings. The van der Waals surface area contributed by atoms with Crippen LogP contribution in [0.4, 0.5) is 0 Å². The lowest BCUT2D eigenvalue weighted by molar-refractivity contribution is -0.127. The van der Waals surface area contributed by atoms with Gasteiger partial charge in [-0.3, -0.25) is 9.69 Å². The van der Waals surface area contributed by atoms with Crippen molar-refractivity contribution in [2.75, 3.05) is 33.2 Å². The molecule has 7 nitrogen and oxygen atoms in total. The molecule has 1 saturated heterocycles. The fourth-order valence-electron chi connectivity index (χ4n) is 4.30. The number of carbonyl (C=O) groups excluding carboxylic acids is 1. The lowest BCUT2D eigenvalue weighted by atomic mass is 9.96. The average molecular weight is 417 g/mol. The zero-order valence-electron chi connectivity index (χ0n) is 17.7. The van der Waals surface area contributed by atoms with Crippen molar-refractivity contribution < 1.29 is 4.79 Å². The third-order valence-corrected chi connectivity index (χ3v) is 7.33. The van der Waals surface area contributed by atoms with Gasteiger partial charge in [-0.25, -0.2) is 0 Å². The predicted octanol–water partition coefficient (Wildman–Crippen LogP) is 2.23. The summed E-state index contributed by atoms with van der Waals surface area (Å²) in [6.45, 7) is 10.0. The number of carbonyl (C=O) groups is 1. The summed E-state index contributed by atoms with van der Waals surface area (Å²) in [5.74, 6) is 2.19. The van der Waals surface area contributed by atoms with E-state index in [0.717, 1.165) is 70.2 Å². The molecule has 2 aliphatic heterocycles. The molecular weight excluding hydrogens is 384 g/mol.